The molecule has 0 bridgehead atoms. The van der Waals surface area contributed by atoms with E-state index >= 15 is 0 Å². The largest absolute Gasteiger partial charge is 0.361 e. The molecule has 118 valence electrons. The van der Waals surface area contributed by atoms with Crippen molar-refractivity contribution in [3.63, 3.8) is 0 Å². The van der Waals surface area contributed by atoms with E-state index in [1.807, 2.05) is 32.0 Å². The fraction of sp³-hybridized carbons (Fsp3) is 0.250. The van der Waals surface area contributed by atoms with E-state index in [0.29, 0.717) is 11.4 Å². The van der Waals surface area contributed by atoms with Crippen LogP contribution in [0.2, 0.25) is 0 Å². The highest BCUT2D eigenvalue weighted by Gasteiger charge is 2.20. The minimum Gasteiger partial charge on any atom is -0.361 e. The van der Waals surface area contributed by atoms with E-state index in [4.69, 9.17) is 4.52 Å². The predicted octanol–water partition coefficient (Wildman–Crippen LogP) is 3.08. The van der Waals surface area contributed by atoms with Gasteiger partial charge in [-0.3, -0.25) is 9.78 Å². The van der Waals surface area contributed by atoms with Crippen LogP contribution in [0.25, 0.3) is 10.6 Å². The average molecular weight is 328 g/mol. The van der Waals surface area contributed by atoms with Crippen LogP contribution in [0, 0.1) is 13.8 Å². The van der Waals surface area contributed by atoms with Crippen LogP contribution in [-0.4, -0.2) is 33.0 Å². The van der Waals surface area contributed by atoms with Gasteiger partial charge in [-0.05, 0) is 26.0 Å². The number of aromatic nitrogens is 3. The summed E-state index contributed by atoms with van der Waals surface area (Å²) in [5.41, 5.74) is 2.37. The molecule has 0 spiro atoms. The van der Waals surface area contributed by atoms with Crippen molar-refractivity contribution < 1.29 is 9.32 Å². The van der Waals surface area contributed by atoms with Gasteiger partial charge >= 0.3 is 0 Å². The molecule has 0 atom stereocenters. The quantitative estimate of drug-likeness (QED) is 0.736. The van der Waals surface area contributed by atoms with E-state index in [0.717, 1.165) is 27.7 Å². The first-order valence-corrected chi connectivity index (χ1v) is 7.91. The minimum atomic E-state index is -0.0733. The van der Waals surface area contributed by atoms with E-state index in [9.17, 15) is 4.79 Å². The first-order chi connectivity index (χ1) is 11.0. The summed E-state index contributed by atoms with van der Waals surface area (Å²) in [5.74, 6) is 0.657. The molecule has 23 heavy (non-hydrogen) atoms. The fourth-order valence-electron chi connectivity index (χ4n) is 2.19. The molecule has 0 fully saturated rings. The van der Waals surface area contributed by atoms with Crippen molar-refractivity contribution in [2.24, 2.45) is 0 Å². The molecular formula is C16H16N4O2S. The van der Waals surface area contributed by atoms with Gasteiger partial charge in [0.25, 0.3) is 5.91 Å². The number of carbonyl (C=O) groups excluding carboxylic acids is 1. The third-order valence-corrected chi connectivity index (χ3v) is 4.52. The standard InChI is InChI=1S/C16H16N4O2S/c1-10-7-13(19-22-10)9-20(3)16(21)14-11(2)18-15(23-14)12-5-4-6-17-8-12/h4-8H,9H2,1-3H3. The van der Waals surface area contributed by atoms with Crippen LogP contribution in [0.1, 0.15) is 26.8 Å². The Morgan fingerprint density at radius 2 is 2.22 bits per heavy atom. The zero-order valence-electron chi connectivity index (χ0n) is 13.1. The van der Waals surface area contributed by atoms with Crippen LogP contribution in [0.4, 0.5) is 0 Å². The van der Waals surface area contributed by atoms with Gasteiger partial charge in [0.1, 0.15) is 21.3 Å². The smallest absolute Gasteiger partial charge is 0.265 e. The molecule has 1 amide bonds. The van der Waals surface area contributed by atoms with E-state index < -0.39 is 0 Å². The lowest BCUT2D eigenvalue weighted by Crippen LogP contribution is -2.26. The summed E-state index contributed by atoms with van der Waals surface area (Å²) in [7, 11) is 1.75. The molecule has 6 nitrogen and oxygen atoms in total. The summed E-state index contributed by atoms with van der Waals surface area (Å²) in [5, 5.41) is 4.71. The van der Waals surface area contributed by atoms with E-state index in [-0.39, 0.29) is 5.91 Å². The van der Waals surface area contributed by atoms with Gasteiger partial charge in [0.05, 0.1) is 12.2 Å². The number of hydrogen-bond donors (Lipinski definition) is 0. The van der Waals surface area contributed by atoms with E-state index in [1.54, 1.807) is 24.3 Å². The summed E-state index contributed by atoms with van der Waals surface area (Å²) in [6, 6.07) is 5.61. The Morgan fingerprint density at radius 1 is 1.39 bits per heavy atom. The summed E-state index contributed by atoms with van der Waals surface area (Å²) in [6.07, 6.45) is 3.46. The highest BCUT2D eigenvalue weighted by molar-refractivity contribution is 7.17. The Kier molecular flexibility index (Phi) is 4.20. The number of amides is 1. The molecule has 0 aromatic carbocycles. The third kappa shape index (κ3) is 3.29. The highest BCUT2D eigenvalue weighted by atomic mass is 32.1. The molecule has 3 aromatic rings. The second kappa shape index (κ2) is 6.29. The molecule has 7 heteroatoms. The number of pyridine rings is 1. The number of nitrogens with zero attached hydrogens (tertiary/aromatic N) is 4. The molecule has 0 saturated heterocycles. The van der Waals surface area contributed by atoms with Crippen LogP contribution >= 0.6 is 11.3 Å². The van der Waals surface area contributed by atoms with Crippen LogP contribution in [-0.2, 0) is 6.54 Å². The van der Waals surface area contributed by atoms with Gasteiger partial charge in [0.2, 0.25) is 0 Å². The van der Waals surface area contributed by atoms with Crippen molar-refractivity contribution in [1.82, 2.24) is 20.0 Å². The summed E-state index contributed by atoms with van der Waals surface area (Å²) in [4.78, 5) is 23.5. The maximum absolute atomic E-state index is 12.6. The first kappa shape index (κ1) is 15.4. The number of hydrogen-bond acceptors (Lipinski definition) is 6. The topological polar surface area (TPSA) is 72.1 Å². The molecule has 3 rings (SSSR count). The monoisotopic (exact) mass is 328 g/mol. The summed E-state index contributed by atoms with van der Waals surface area (Å²) in [6.45, 7) is 4.07. The molecular weight excluding hydrogens is 312 g/mol. The van der Waals surface area contributed by atoms with E-state index in [1.165, 1.54) is 11.3 Å². The molecule has 3 heterocycles. The van der Waals surface area contributed by atoms with Crippen molar-refractivity contribution >= 4 is 17.2 Å². The van der Waals surface area contributed by atoms with E-state index in [2.05, 4.69) is 15.1 Å². The van der Waals surface area contributed by atoms with Crippen molar-refractivity contribution in [2.75, 3.05) is 7.05 Å². The number of carbonyl (C=O) groups is 1. The van der Waals surface area contributed by atoms with Gasteiger partial charge < -0.3 is 9.42 Å². The molecule has 0 aliphatic carbocycles. The molecule has 3 aromatic heterocycles. The van der Waals surface area contributed by atoms with Crippen molar-refractivity contribution in [3.8, 4) is 10.6 Å². The Hall–Kier alpha value is -2.54. The number of aryl methyl sites for hydroxylation is 2. The van der Waals surface area contributed by atoms with Crippen molar-refractivity contribution in [1.29, 1.82) is 0 Å². The maximum atomic E-state index is 12.6. The second-order valence-electron chi connectivity index (χ2n) is 5.27. The van der Waals surface area contributed by atoms with Crippen LogP contribution < -0.4 is 0 Å². The Labute approximate surface area is 137 Å². The molecule has 0 saturated carbocycles. The molecule has 0 aliphatic heterocycles. The summed E-state index contributed by atoms with van der Waals surface area (Å²) >= 11 is 1.38. The molecule has 0 radical (unpaired) electrons. The number of thiazole rings is 1. The first-order valence-electron chi connectivity index (χ1n) is 7.10. The second-order valence-corrected chi connectivity index (χ2v) is 6.26. The Bertz CT molecular complexity index is 826. The normalized spacial score (nSPS) is 10.7. The van der Waals surface area contributed by atoms with Gasteiger partial charge in [-0.1, -0.05) is 5.16 Å². The van der Waals surface area contributed by atoms with Crippen LogP contribution in [0.15, 0.2) is 35.1 Å². The lowest BCUT2D eigenvalue weighted by Gasteiger charge is -2.14. The van der Waals surface area contributed by atoms with Crippen molar-refractivity contribution in [2.45, 2.75) is 20.4 Å². The highest BCUT2D eigenvalue weighted by Crippen LogP contribution is 2.28. The Morgan fingerprint density at radius 3 is 2.87 bits per heavy atom. The zero-order chi connectivity index (χ0) is 16.4. The van der Waals surface area contributed by atoms with Gasteiger partial charge in [-0.2, -0.15) is 0 Å². The average Bonchev–Trinajstić information content (AvgIpc) is 3.13. The Balaban J connectivity index is 1.81. The van der Waals surface area contributed by atoms with Crippen LogP contribution in [0.5, 0.6) is 0 Å². The predicted molar refractivity (Wildman–Crippen MR) is 87.1 cm³/mol. The zero-order valence-corrected chi connectivity index (χ0v) is 13.9. The molecule has 0 unspecified atom stereocenters. The van der Waals surface area contributed by atoms with Crippen LogP contribution in [0.3, 0.4) is 0 Å². The molecule has 0 aliphatic rings. The lowest BCUT2D eigenvalue weighted by atomic mass is 10.3. The van der Waals surface area contributed by atoms with Crippen molar-refractivity contribution in [3.05, 3.63) is 52.6 Å². The summed E-state index contributed by atoms with van der Waals surface area (Å²) < 4.78 is 5.03. The maximum Gasteiger partial charge on any atom is 0.265 e. The fourth-order valence-corrected chi connectivity index (χ4v) is 3.24. The SMILES string of the molecule is Cc1cc(CN(C)C(=O)c2sc(-c3cccnc3)nc2C)no1. The third-order valence-electron chi connectivity index (χ3n) is 3.32. The number of rotatable bonds is 4. The minimum absolute atomic E-state index is 0.0733. The van der Waals surface area contributed by atoms with Gasteiger partial charge in [-0.15, -0.1) is 11.3 Å². The lowest BCUT2D eigenvalue weighted by molar-refractivity contribution is 0.0786. The van der Waals surface area contributed by atoms with Gasteiger partial charge in [-0.25, -0.2) is 4.98 Å². The molecule has 0 N–H and O–H groups in total. The van der Waals surface area contributed by atoms with Gasteiger partial charge in [0, 0.05) is 31.1 Å². The van der Waals surface area contributed by atoms with Gasteiger partial charge in [0.15, 0.2) is 0 Å².